The summed E-state index contributed by atoms with van der Waals surface area (Å²) < 4.78 is 25.4. The van der Waals surface area contributed by atoms with Gasteiger partial charge in [-0.1, -0.05) is 0 Å². The van der Waals surface area contributed by atoms with Gasteiger partial charge in [-0.15, -0.1) is 0 Å². The number of halogens is 2. The van der Waals surface area contributed by atoms with Gasteiger partial charge in [0.25, 0.3) is 0 Å². The van der Waals surface area contributed by atoms with Crippen LogP contribution < -0.4 is 0 Å². The highest BCUT2D eigenvalue weighted by Crippen LogP contribution is 2.15. The fraction of sp³-hybridized carbons (Fsp3) is 0. The summed E-state index contributed by atoms with van der Waals surface area (Å²) in [6, 6.07) is 3.13. The Balaban J connectivity index is 3.23. The largest absolute Gasteiger partial charge is 0.478 e. The molecule has 0 aliphatic heterocycles. The molecule has 5 heteroatoms. The van der Waals surface area contributed by atoms with Crippen molar-refractivity contribution in [3.05, 3.63) is 41.0 Å². The molecule has 0 aliphatic rings. The van der Waals surface area contributed by atoms with E-state index in [0.717, 1.165) is 24.3 Å². The molecule has 0 atom stereocenters. The first kappa shape index (κ1) is 10.9. The van der Waals surface area contributed by atoms with Crippen LogP contribution in [0.2, 0.25) is 0 Å². The van der Waals surface area contributed by atoms with E-state index >= 15 is 0 Å². The number of nitrogens with zero attached hydrogens (tertiary/aromatic N) is 1. The van der Waals surface area contributed by atoms with Crippen LogP contribution in [-0.2, 0) is 4.79 Å². The number of nitriles is 1. The summed E-state index contributed by atoms with van der Waals surface area (Å²) >= 11 is 0. The third-order valence-electron chi connectivity index (χ3n) is 1.62. The first-order chi connectivity index (χ1) is 7.04. The lowest BCUT2D eigenvalue weighted by Crippen LogP contribution is -1.92. The van der Waals surface area contributed by atoms with Crippen LogP contribution in [0.1, 0.15) is 11.1 Å². The van der Waals surface area contributed by atoms with Crippen LogP contribution in [0, 0.1) is 23.0 Å². The van der Waals surface area contributed by atoms with Gasteiger partial charge in [-0.2, -0.15) is 5.26 Å². The van der Waals surface area contributed by atoms with E-state index < -0.39 is 17.6 Å². The minimum absolute atomic E-state index is 0.0267. The molecule has 15 heavy (non-hydrogen) atoms. The van der Waals surface area contributed by atoms with E-state index in [1.807, 2.05) is 0 Å². The molecule has 0 saturated heterocycles. The number of hydrogen-bond donors (Lipinski definition) is 1. The van der Waals surface area contributed by atoms with E-state index in [-0.39, 0.29) is 11.1 Å². The lowest BCUT2D eigenvalue weighted by molar-refractivity contribution is -0.131. The standard InChI is InChI=1S/C10H5F2NO2/c11-8-3-6(1-2-10(14)15)7(5-13)4-9(8)12/h1-4H,(H,14,15). The van der Waals surface area contributed by atoms with Crippen molar-refractivity contribution < 1.29 is 18.7 Å². The predicted molar refractivity (Wildman–Crippen MR) is 47.7 cm³/mol. The molecule has 1 aromatic rings. The Bertz CT molecular complexity index is 475. The summed E-state index contributed by atoms with van der Waals surface area (Å²) in [5.41, 5.74) is -0.0924. The fourth-order valence-electron chi connectivity index (χ4n) is 0.958. The minimum atomic E-state index is -1.23. The molecule has 0 aromatic heterocycles. The van der Waals surface area contributed by atoms with E-state index in [2.05, 4.69) is 0 Å². The molecular formula is C10H5F2NO2. The van der Waals surface area contributed by atoms with E-state index in [1.165, 1.54) is 0 Å². The Morgan fingerprint density at radius 1 is 1.40 bits per heavy atom. The number of hydrogen-bond acceptors (Lipinski definition) is 2. The zero-order valence-electron chi connectivity index (χ0n) is 7.37. The molecule has 0 saturated carbocycles. The second kappa shape index (κ2) is 4.33. The van der Waals surface area contributed by atoms with Crippen molar-refractivity contribution in [3.63, 3.8) is 0 Å². The summed E-state index contributed by atoms with van der Waals surface area (Å²) in [5.74, 6) is -3.50. The van der Waals surface area contributed by atoms with Crippen molar-refractivity contribution in [2.75, 3.05) is 0 Å². The number of benzene rings is 1. The number of carboxylic acid groups (broad SMARTS) is 1. The number of carboxylic acids is 1. The zero-order chi connectivity index (χ0) is 11.4. The molecule has 0 fully saturated rings. The molecule has 0 bridgehead atoms. The zero-order valence-corrected chi connectivity index (χ0v) is 7.37. The fourth-order valence-corrected chi connectivity index (χ4v) is 0.958. The van der Waals surface area contributed by atoms with Crippen molar-refractivity contribution in [3.8, 4) is 6.07 Å². The van der Waals surface area contributed by atoms with Crippen molar-refractivity contribution in [1.82, 2.24) is 0 Å². The molecule has 0 heterocycles. The first-order valence-electron chi connectivity index (χ1n) is 3.84. The number of aliphatic carboxylic acids is 1. The van der Waals surface area contributed by atoms with E-state index in [1.54, 1.807) is 6.07 Å². The van der Waals surface area contributed by atoms with Crippen LogP contribution in [0.5, 0.6) is 0 Å². The lowest BCUT2D eigenvalue weighted by atomic mass is 10.1. The smallest absolute Gasteiger partial charge is 0.328 e. The molecule has 1 rings (SSSR count). The van der Waals surface area contributed by atoms with E-state index in [0.29, 0.717) is 0 Å². The van der Waals surface area contributed by atoms with Gasteiger partial charge in [0, 0.05) is 6.08 Å². The topological polar surface area (TPSA) is 61.1 Å². The van der Waals surface area contributed by atoms with Gasteiger partial charge in [0.15, 0.2) is 11.6 Å². The summed E-state index contributed by atoms with van der Waals surface area (Å²) in [6.45, 7) is 0. The molecular weight excluding hydrogens is 204 g/mol. The summed E-state index contributed by atoms with van der Waals surface area (Å²) in [4.78, 5) is 10.2. The van der Waals surface area contributed by atoms with Gasteiger partial charge >= 0.3 is 5.97 Å². The van der Waals surface area contributed by atoms with Crippen molar-refractivity contribution in [1.29, 1.82) is 5.26 Å². The van der Waals surface area contributed by atoms with Crippen LogP contribution in [-0.4, -0.2) is 11.1 Å². The van der Waals surface area contributed by atoms with Gasteiger partial charge in [0.05, 0.1) is 11.6 Å². The molecule has 0 spiro atoms. The number of carbonyl (C=O) groups is 1. The summed E-state index contributed by atoms with van der Waals surface area (Å²) in [6.07, 6.45) is 1.77. The Morgan fingerprint density at radius 2 is 2.00 bits per heavy atom. The summed E-state index contributed by atoms with van der Waals surface area (Å²) in [5, 5.41) is 16.9. The second-order valence-electron chi connectivity index (χ2n) is 2.64. The van der Waals surface area contributed by atoms with E-state index in [4.69, 9.17) is 10.4 Å². The lowest BCUT2D eigenvalue weighted by Gasteiger charge is -1.98. The maximum atomic E-state index is 12.8. The van der Waals surface area contributed by atoms with E-state index in [9.17, 15) is 13.6 Å². The SMILES string of the molecule is N#Cc1cc(F)c(F)cc1C=CC(=O)O. The maximum absolute atomic E-state index is 12.8. The monoisotopic (exact) mass is 209 g/mol. The number of rotatable bonds is 2. The molecule has 1 N–H and O–H groups in total. The van der Waals surface area contributed by atoms with Crippen molar-refractivity contribution in [2.45, 2.75) is 0 Å². The van der Waals surface area contributed by atoms with Crippen LogP contribution in [0.25, 0.3) is 6.08 Å². The minimum Gasteiger partial charge on any atom is -0.478 e. The Hall–Kier alpha value is -2.22. The van der Waals surface area contributed by atoms with Crippen molar-refractivity contribution in [2.24, 2.45) is 0 Å². The predicted octanol–water partition coefficient (Wildman–Crippen LogP) is 1.93. The normalized spacial score (nSPS) is 10.2. The van der Waals surface area contributed by atoms with Crippen molar-refractivity contribution >= 4 is 12.0 Å². The first-order valence-corrected chi connectivity index (χ1v) is 3.84. The molecule has 0 unspecified atom stereocenters. The Morgan fingerprint density at radius 3 is 2.53 bits per heavy atom. The molecule has 0 radical (unpaired) electrons. The maximum Gasteiger partial charge on any atom is 0.328 e. The molecule has 76 valence electrons. The average molecular weight is 209 g/mol. The molecule has 0 aliphatic carbocycles. The summed E-state index contributed by atoms with van der Waals surface area (Å²) in [7, 11) is 0. The van der Waals surface area contributed by atoms with Gasteiger partial charge in [0.1, 0.15) is 0 Å². The van der Waals surface area contributed by atoms with Crippen LogP contribution in [0.15, 0.2) is 18.2 Å². The molecule has 1 aromatic carbocycles. The molecule has 0 amide bonds. The highest BCUT2D eigenvalue weighted by molar-refractivity contribution is 5.85. The van der Waals surface area contributed by atoms with Gasteiger partial charge in [-0.3, -0.25) is 0 Å². The van der Waals surface area contributed by atoms with Crippen LogP contribution in [0.4, 0.5) is 8.78 Å². The van der Waals surface area contributed by atoms with Crippen LogP contribution >= 0.6 is 0 Å². The highest BCUT2D eigenvalue weighted by atomic mass is 19.2. The van der Waals surface area contributed by atoms with Gasteiger partial charge in [0.2, 0.25) is 0 Å². The van der Waals surface area contributed by atoms with Gasteiger partial charge in [-0.25, -0.2) is 13.6 Å². The Kier molecular flexibility index (Phi) is 3.13. The van der Waals surface area contributed by atoms with Crippen LogP contribution in [0.3, 0.4) is 0 Å². The van der Waals surface area contributed by atoms with Gasteiger partial charge in [-0.05, 0) is 23.8 Å². The third kappa shape index (κ3) is 2.61. The quantitative estimate of drug-likeness (QED) is 0.757. The third-order valence-corrected chi connectivity index (χ3v) is 1.62. The Labute approximate surface area is 83.9 Å². The highest BCUT2D eigenvalue weighted by Gasteiger charge is 2.07. The molecule has 3 nitrogen and oxygen atoms in total. The van der Waals surface area contributed by atoms with Gasteiger partial charge < -0.3 is 5.11 Å². The average Bonchev–Trinajstić information content (AvgIpc) is 2.19. The second-order valence-corrected chi connectivity index (χ2v) is 2.64.